The minimum absolute atomic E-state index is 0.195. The maximum atomic E-state index is 12.2. The summed E-state index contributed by atoms with van der Waals surface area (Å²) in [5.74, 6) is 0.0308. The van der Waals surface area contributed by atoms with Crippen molar-refractivity contribution in [3.05, 3.63) is 36.0 Å². The molecule has 0 spiro atoms. The van der Waals surface area contributed by atoms with Crippen molar-refractivity contribution in [3.8, 4) is 5.69 Å². The molecule has 0 bridgehead atoms. The molecule has 1 aromatic heterocycles. The van der Waals surface area contributed by atoms with Gasteiger partial charge in [0.25, 0.3) is 5.91 Å². The molecule has 6 nitrogen and oxygen atoms in total. The molecule has 1 fully saturated rings. The van der Waals surface area contributed by atoms with Crippen LogP contribution in [0.1, 0.15) is 36.2 Å². The lowest BCUT2D eigenvalue weighted by molar-refractivity contribution is 0.0933. The predicted molar refractivity (Wildman–Crippen MR) is 75.5 cm³/mol. The van der Waals surface area contributed by atoms with E-state index in [-0.39, 0.29) is 23.5 Å². The van der Waals surface area contributed by atoms with E-state index < -0.39 is 0 Å². The summed E-state index contributed by atoms with van der Waals surface area (Å²) in [5.41, 5.74) is 6.97. The van der Waals surface area contributed by atoms with Gasteiger partial charge >= 0.3 is 0 Å². The van der Waals surface area contributed by atoms with E-state index in [4.69, 9.17) is 5.73 Å². The van der Waals surface area contributed by atoms with Gasteiger partial charge in [0.15, 0.2) is 11.5 Å². The fourth-order valence-corrected chi connectivity index (χ4v) is 2.53. The first kappa shape index (κ1) is 12.7. The number of nitrogen functional groups attached to an aromatic ring is 1. The Morgan fingerprint density at radius 2 is 1.95 bits per heavy atom. The fourth-order valence-electron chi connectivity index (χ4n) is 2.53. The van der Waals surface area contributed by atoms with Crippen molar-refractivity contribution >= 4 is 11.7 Å². The van der Waals surface area contributed by atoms with E-state index in [9.17, 15) is 4.79 Å². The molecule has 1 aliphatic rings. The fraction of sp³-hybridized carbons (Fsp3) is 0.357. The highest BCUT2D eigenvalue weighted by molar-refractivity contribution is 5.96. The second kappa shape index (κ2) is 5.32. The summed E-state index contributed by atoms with van der Waals surface area (Å²) < 4.78 is 1.48. The largest absolute Gasteiger partial charge is 0.382 e. The highest BCUT2D eigenvalue weighted by Crippen LogP contribution is 2.19. The number of nitrogens with one attached hydrogen (secondary N) is 1. The molecule has 0 aliphatic heterocycles. The third kappa shape index (κ3) is 2.36. The van der Waals surface area contributed by atoms with Crippen LogP contribution in [0, 0.1) is 0 Å². The average molecular weight is 271 g/mol. The second-order valence-electron chi connectivity index (χ2n) is 5.03. The SMILES string of the molecule is Nc1c(C(=O)NC2CCCC2)nnn1-c1ccccc1. The number of nitrogens with two attached hydrogens (primary N) is 1. The number of hydrogen-bond acceptors (Lipinski definition) is 4. The molecule has 1 amide bonds. The zero-order chi connectivity index (χ0) is 13.9. The molecule has 0 saturated heterocycles. The minimum Gasteiger partial charge on any atom is -0.382 e. The molecule has 2 aromatic rings. The third-order valence-electron chi connectivity index (χ3n) is 3.61. The Labute approximate surface area is 117 Å². The number of benzene rings is 1. The van der Waals surface area contributed by atoms with Gasteiger partial charge in [-0.2, -0.15) is 4.68 Å². The second-order valence-corrected chi connectivity index (χ2v) is 5.03. The van der Waals surface area contributed by atoms with Gasteiger partial charge in [0.2, 0.25) is 0 Å². The molecule has 1 aromatic carbocycles. The quantitative estimate of drug-likeness (QED) is 0.886. The van der Waals surface area contributed by atoms with Crippen molar-refractivity contribution in [1.82, 2.24) is 20.3 Å². The Hall–Kier alpha value is -2.37. The van der Waals surface area contributed by atoms with Gasteiger partial charge in [-0.3, -0.25) is 4.79 Å². The summed E-state index contributed by atoms with van der Waals surface area (Å²) in [6.07, 6.45) is 4.38. The summed E-state index contributed by atoms with van der Waals surface area (Å²) in [6.45, 7) is 0. The van der Waals surface area contributed by atoms with Crippen molar-refractivity contribution < 1.29 is 4.79 Å². The normalized spacial score (nSPS) is 15.4. The van der Waals surface area contributed by atoms with Crippen molar-refractivity contribution in [1.29, 1.82) is 0 Å². The molecule has 3 rings (SSSR count). The first-order chi connectivity index (χ1) is 9.75. The lowest BCUT2D eigenvalue weighted by Gasteiger charge is -2.10. The van der Waals surface area contributed by atoms with Gasteiger partial charge in [-0.25, -0.2) is 0 Å². The summed E-state index contributed by atoms with van der Waals surface area (Å²) in [7, 11) is 0. The van der Waals surface area contributed by atoms with Crippen LogP contribution in [0.25, 0.3) is 5.69 Å². The van der Waals surface area contributed by atoms with Crippen LogP contribution in [0.5, 0.6) is 0 Å². The van der Waals surface area contributed by atoms with Crippen molar-refractivity contribution in [2.75, 3.05) is 5.73 Å². The molecule has 104 valence electrons. The zero-order valence-electron chi connectivity index (χ0n) is 11.1. The van der Waals surface area contributed by atoms with E-state index in [2.05, 4.69) is 15.6 Å². The van der Waals surface area contributed by atoms with Crippen molar-refractivity contribution in [2.24, 2.45) is 0 Å². The lowest BCUT2D eigenvalue weighted by Crippen LogP contribution is -2.33. The average Bonchev–Trinajstić information content (AvgIpc) is 3.09. The lowest BCUT2D eigenvalue weighted by atomic mass is 10.2. The van der Waals surface area contributed by atoms with Crippen LogP contribution in [0.3, 0.4) is 0 Å². The van der Waals surface area contributed by atoms with E-state index in [0.717, 1.165) is 31.4 Å². The van der Waals surface area contributed by atoms with Gasteiger partial charge in [-0.15, -0.1) is 5.10 Å². The number of rotatable bonds is 3. The van der Waals surface area contributed by atoms with E-state index in [1.165, 1.54) is 4.68 Å². The molecule has 1 aliphatic carbocycles. The van der Waals surface area contributed by atoms with Crippen molar-refractivity contribution in [2.45, 2.75) is 31.7 Å². The van der Waals surface area contributed by atoms with Crippen molar-refractivity contribution in [3.63, 3.8) is 0 Å². The van der Waals surface area contributed by atoms with Crippen LogP contribution in [-0.2, 0) is 0 Å². The molecule has 0 atom stereocenters. The molecule has 1 saturated carbocycles. The first-order valence-corrected chi connectivity index (χ1v) is 6.83. The number of carbonyl (C=O) groups excluding carboxylic acids is 1. The maximum Gasteiger partial charge on any atom is 0.275 e. The Balaban J connectivity index is 1.81. The van der Waals surface area contributed by atoms with E-state index in [1.807, 2.05) is 30.3 Å². The molecule has 6 heteroatoms. The van der Waals surface area contributed by atoms with E-state index in [0.29, 0.717) is 0 Å². The van der Waals surface area contributed by atoms with Crippen LogP contribution in [0.15, 0.2) is 30.3 Å². The number of carbonyl (C=O) groups is 1. The highest BCUT2D eigenvalue weighted by atomic mass is 16.2. The van der Waals surface area contributed by atoms with Crippen LogP contribution in [-0.4, -0.2) is 26.9 Å². The number of para-hydroxylation sites is 1. The number of anilines is 1. The van der Waals surface area contributed by atoms with E-state index in [1.54, 1.807) is 0 Å². The molecule has 0 unspecified atom stereocenters. The monoisotopic (exact) mass is 271 g/mol. The van der Waals surface area contributed by atoms with Gasteiger partial charge in [0.05, 0.1) is 5.69 Å². The molecule has 3 N–H and O–H groups in total. The van der Waals surface area contributed by atoms with Crippen LogP contribution in [0.4, 0.5) is 5.82 Å². The topological polar surface area (TPSA) is 85.8 Å². The molecule has 20 heavy (non-hydrogen) atoms. The Kier molecular flexibility index (Phi) is 3.37. The summed E-state index contributed by atoms with van der Waals surface area (Å²) in [4.78, 5) is 12.2. The number of hydrogen-bond donors (Lipinski definition) is 2. The van der Waals surface area contributed by atoms with Gasteiger partial charge < -0.3 is 11.1 Å². The van der Waals surface area contributed by atoms with Crippen LogP contribution in [0.2, 0.25) is 0 Å². The summed E-state index contributed by atoms with van der Waals surface area (Å²) in [5, 5.41) is 10.8. The summed E-state index contributed by atoms with van der Waals surface area (Å²) in [6, 6.07) is 9.64. The van der Waals surface area contributed by atoms with E-state index >= 15 is 0 Å². The molecule has 1 heterocycles. The Morgan fingerprint density at radius 1 is 1.25 bits per heavy atom. The van der Waals surface area contributed by atoms with Crippen LogP contribution < -0.4 is 11.1 Å². The Morgan fingerprint density at radius 3 is 2.65 bits per heavy atom. The maximum absolute atomic E-state index is 12.2. The number of amides is 1. The number of nitrogens with zero attached hydrogens (tertiary/aromatic N) is 3. The number of aromatic nitrogens is 3. The van der Waals surface area contributed by atoms with Crippen LogP contribution >= 0.6 is 0 Å². The zero-order valence-corrected chi connectivity index (χ0v) is 11.1. The molecular formula is C14H17N5O. The van der Waals surface area contributed by atoms with Gasteiger partial charge in [0.1, 0.15) is 0 Å². The van der Waals surface area contributed by atoms with Gasteiger partial charge in [-0.05, 0) is 25.0 Å². The smallest absolute Gasteiger partial charge is 0.275 e. The first-order valence-electron chi connectivity index (χ1n) is 6.83. The van der Waals surface area contributed by atoms with Gasteiger partial charge in [0, 0.05) is 6.04 Å². The predicted octanol–water partition coefficient (Wildman–Crippen LogP) is 1.52. The third-order valence-corrected chi connectivity index (χ3v) is 3.61. The van der Waals surface area contributed by atoms with Gasteiger partial charge in [-0.1, -0.05) is 36.3 Å². The minimum atomic E-state index is -0.239. The molecular weight excluding hydrogens is 254 g/mol. The Bertz CT molecular complexity index is 601. The molecule has 0 radical (unpaired) electrons. The summed E-state index contributed by atoms with van der Waals surface area (Å²) >= 11 is 0. The highest BCUT2D eigenvalue weighted by Gasteiger charge is 2.22. The standard InChI is InChI=1S/C14H17N5O/c15-13-12(14(20)16-10-6-4-5-7-10)17-18-19(13)11-8-2-1-3-9-11/h1-3,8-10H,4-7,15H2,(H,16,20).